The predicted octanol–water partition coefficient (Wildman–Crippen LogP) is 3.77. The van der Waals surface area contributed by atoms with E-state index in [1.165, 1.54) is 0 Å². The fourth-order valence-corrected chi connectivity index (χ4v) is 0.846. The molecule has 0 heterocycles. The molecule has 13 heavy (non-hydrogen) atoms. The lowest BCUT2D eigenvalue weighted by atomic mass is 10.3. The first kappa shape index (κ1) is 11.6. The summed E-state index contributed by atoms with van der Waals surface area (Å²) in [5, 5.41) is 0. The molecule has 0 bridgehead atoms. The van der Waals surface area contributed by atoms with Gasteiger partial charge in [0, 0.05) is 6.21 Å². The van der Waals surface area contributed by atoms with E-state index < -0.39 is 0 Å². The minimum Gasteiger partial charge on any atom is -0.262 e. The van der Waals surface area contributed by atoms with E-state index in [0.29, 0.717) is 0 Å². The highest BCUT2D eigenvalue weighted by atomic mass is 14.8. The number of para-hydroxylation sites is 2. The van der Waals surface area contributed by atoms with Gasteiger partial charge < -0.3 is 0 Å². The van der Waals surface area contributed by atoms with Crippen LogP contribution in [-0.2, 0) is 0 Å². The Hall–Kier alpha value is -1.44. The first-order valence-electron chi connectivity index (χ1n) is 4.43. The SMILES string of the molecule is C=Nc1ccccc1N=CC.CC. The summed E-state index contributed by atoms with van der Waals surface area (Å²) in [6.45, 7) is 9.32. The molecule has 2 heteroatoms. The van der Waals surface area contributed by atoms with Gasteiger partial charge >= 0.3 is 0 Å². The van der Waals surface area contributed by atoms with E-state index in [1.54, 1.807) is 6.21 Å². The number of hydrogen-bond acceptors (Lipinski definition) is 2. The van der Waals surface area contributed by atoms with Gasteiger partial charge in [-0.15, -0.1) is 0 Å². The normalized spacial score (nSPS) is 9.15. The summed E-state index contributed by atoms with van der Waals surface area (Å²) in [6.07, 6.45) is 1.74. The summed E-state index contributed by atoms with van der Waals surface area (Å²) >= 11 is 0. The lowest BCUT2D eigenvalue weighted by Crippen LogP contribution is -1.66. The van der Waals surface area contributed by atoms with E-state index in [9.17, 15) is 0 Å². The fourth-order valence-electron chi connectivity index (χ4n) is 0.846. The van der Waals surface area contributed by atoms with Crippen molar-refractivity contribution in [3.05, 3.63) is 24.3 Å². The molecule has 0 saturated heterocycles. The van der Waals surface area contributed by atoms with E-state index >= 15 is 0 Å². The van der Waals surface area contributed by atoms with Crippen LogP contribution in [0.15, 0.2) is 34.3 Å². The first-order valence-corrected chi connectivity index (χ1v) is 4.43. The molecule has 1 rings (SSSR count). The molecule has 0 amide bonds. The van der Waals surface area contributed by atoms with Crippen LogP contribution in [0.5, 0.6) is 0 Å². The Balaban J connectivity index is 0.000000671. The topological polar surface area (TPSA) is 24.7 Å². The third kappa shape index (κ3) is 3.65. The average Bonchev–Trinajstić information content (AvgIpc) is 2.22. The van der Waals surface area contributed by atoms with Gasteiger partial charge in [-0.2, -0.15) is 0 Å². The van der Waals surface area contributed by atoms with E-state index in [-0.39, 0.29) is 0 Å². The van der Waals surface area contributed by atoms with Gasteiger partial charge in [-0.3, -0.25) is 9.98 Å². The minimum atomic E-state index is 0.825. The Labute approximate surface area is 80.1 Å². The molecule has 0 radical (unpaired) electrons. The first-order chi connectivity index (χ1) is 6.38. The molecule has 2 nitrogen and oxygen atoms in total. The number of nitrogens with zero attached hydrogens (tertiary/aromatic N) is 2. The van der Waals surface area contributed by atoms with Crippen LogP contribution in [-0.4, -0.2) is 12.9 Å². The van der Waals surface area contributed by atoms with Crippen LogP contribution in [0.25, 0.3) is 0 Å². The number of aliphatic imine (C=N–C) groups is 2. The maximum absolute atomic E-state index is 4.12. The lowest BCUT2D eigenvalue weighted by Gasteiger charge is -1.96. The maximum atomic E-state index is 4.12. The lowest BCUT2D eigenvalue weighted by molar-refractivity contribution is 1.47. The Morgan fingerprint density at radius 1 is 1.15 bits per heavy atom. The second-order valence-electron chi connectivity index (χ2n) is 2.03. The molecule has 0 spiro atoms. The van der Waals surface area contributed by atoms with Gasteiger partial charge in [0.2, 0.25) is 0 Å². The van der Waals surface area contributed by atoms with Crippen molar-refractivity contribution >= 4 is 24.3 Å². The Kier molecular flexibility index (Phi) is 6.42. The zero-order valence-electron chi connectivity index (χ0n) is 8.49. The molecule has 0 unspecified atom stereocenters. The van der Waals surface area contributed by atoms with Crippen molar-refractivity contribution in [2.24, 2.45) is 9.98 Å². The second-order valence-corrected chi connectivity index (χ2v) is 2.03. The number of hydrogen-bond donors (Lipinski definition) is 0. The molecule has 0 aromatic heterocycles. The average molecular weight is 176 g/mol. The Morgan fingerprint density at radius 2 is 1.69 bits per heavy atom. The van der Waals surface area contributed by atoms with Gasteiger partial charge in [0.05, 0.1) is 11.4 Å². The summed E-state index contributed by atoms with van der Waals surface area (Å²) in [6, 6.07) is 7.63. The summed E-state index contributed by atoms with van der Waals surface area (Å²) in [5.41, 5.74) is 1.69. The van der Waals surface area contributed by atoms with Gasteiger partial charge in [-0.05, 0) is 25.8 Å². The summed E-state index contributed by atoms with van der Waals surface area (Å²) < 4.78 is 0. The molecule has 70 valence electrons. The maximum Gasteiger partial charge on any atom is 0.0881 e. The van der Waals surface area contributed by atoms with Crippen LogP contribution in [0.3, 0.4) is 0 Å². The van der Waals surface area contributed by atoms with Crippen molar-refractivity contribution in [1.82, 2.24) is 0 Å². The van der Waals surface area contributed by atoms with Crippen LogP contribution in [0, 0.1) is 0 Å². The van der Waals surface area contributed by atoms with Crippen molar-refractivity contribution in [1.29, 1.82) is 0 Å². The fraction of sp³-hybridized carbons (Fsp3) is 0.273. The molecule has 1 aromatic carbocycles. The Bertz CT molecular complexity index is 277. The van der Waals surface area contributed by atoms with Crippen molar-refractivity contribution in [3.8, 4) is 0 Å². The van der Waals surface area contributed by atoms with Crippen LogP contribution in [0.2, 0.25) is 0 Å². The molecule has 0 aliphatic carbocycles. The quantitative estimate of drug-likeness (QED) is 0.613. The number of benzene rings is 1. The van der Waals surface area contributed by atoms with E-state index in [2.05, 4.69) is 16.7 Å². The third-order valence-corrected chi connectivity index (χ3v) is 1.32. The molecule has 1 aromatic rings. The Morgan fingerprint density at radius 3 is 2.15 bits per heavy atom. The molecule has 0 aliphatic heterocycles. The van der Waals surface area contributed by atoms with Crippen LogP contribution in [0.4, 0.5) is 11.4 Å². The largest absolute Gasteiger partial charge is 0.262 e. The molecule has 0 saturated carbocycles. The van der Waals surface area contributed by atoms with E-state index in [0.717, 1.165) is 11.4 Å². The molecule has 0 atom stereocenters. The summed E-state index contributed by atoms with van der Waals surface area (Å²) in [4.78, 5) is 7.94. The van der Waals surface area contributed by atoms with Crippen LogP contribution < -0.4 is 0 Å². The predicted molar refractivity (Wildman–Crippen MR) is 60.8 cm³/mol. The monoisotopic (exact) mass is 176 g/mol. The summed E-state index contributed by atoms with van der Waals surface area (Å²) in [7, 11) is 0. The van der Waals surface area contributed by atoms with Gasteiger partial charge in [-0.25, -0.2) is 0 Å². The zero-order valence-corrected chi connectivity index (χ0v) is 8.49. The molecule has 0 aliphatic rings. The summed E-state index contributed by atoms with van der Waals surface area (Å²) in [5.74, 6) is 0. The highest BCUT2D eigenvalue weighted by Crippen LogP contribution is 2.25. The molecular weight excluding hydrogens is 160 g/mol. The van der Waals surface area contributed by atoms with E-state index in [1.807, 2.05) is 45.0 Å². The highest BCUT2D eigenvalue weighted by Gasteiger charge is 1.93. The van der Waals surface area contributed by atoms with Crippen molar-refractivity contribution in [2.45, 2.75) is 20.8 Å². The standard InChI is InChI=1S/C9H10N2.C2H6/c1-3-11-9-7-5-4-6-8(9)10-2;1-2/h3-7H,2H2,1H3;1-2H3. The van der Waals surface area contributed by atoms with Crippen molar-refractivity contribution in [2.75, 3.05) is 0 Å². The number of rotatable bonds is 2. The van der Waals surface area contributed by atoms with Gasteiger partial charge in [0.1, 0.15) is 0 Å². The molecule has 0 fully saturated rings. The third-order valence-electron chi connectivity index (χ3n) is 1.32. The smallest absolute Gasteiger partial charge is 0.0881 e. The van der Waals surface area contributed by atoms with Crippen LogP contribution >= 0.6 is 0 Å². The van der Waals surface area contributed by atoms with Crippen LogP contribution in [0.1, 0.15) is 20.8 Å². The highest BCUT2D eigenvalue weighted by molar-refractivity contribution is 5.70. The molecule has 0 N–H and O–H groups in total. The zero-order chi connectivity index (χ0) is 10.1. The van der Waals surface area contributed by atoms with Crippen molar-refractivity contribution < 1.29 is 0 Å². The van der Waals surface area contributed by atoms with Gasteiger partial charge in [-0.1, -0.05) is 26.0 Å². The van der Waals surface area contributed by atoms with E-state index in [4.69, 9.17) is 0 Å². The minimum absolute atomic E-state index is 0.825. The second kappa shape index (κ2) is 7.22. The van der Waals surface area contributed by atoms with Gasteiger partial charge in [0.25, 0.3) is 0 Å². The molecular formula is C11H16N2. The van der Waals surface area contributed by atoms with Gasteiger partial charge in [0.15, 0.2) is 0 Å². The van der Waals surface area contributed by atoms with Crippen molar-refractivity contribution in [3.63, 3.8) is 0 Å².